The van der Waals surface area contributed by atoms with E-state index in [1.807, 2.05) is 0 Å². The van der Waals surface area contributed by atoms with Gasteiger partial charge in [-0.15, -0.1) is 0 Å². The maximum Gasteiger partial charge on any atom is 0.353 e. The Labute approximate surface area is 170 Å². The molecule has 0 spiro atoms. The van der Waals surface area contributed by atoms with Crippen LogP contribution < -0.4 is 11.1 Å². The standard InChI is InChI=1S/C14H19N5O7.C2H4O2/c1-6(20)23-4-7-9-10(26-14(2,3)25-9)13(24-7)18-12-8(19(21)22)11(15)16-5-17-12;1-2(3)4/h5,7,9-10,13H,4H2,1-3H3,(H3,15,16,17,18);1H3,(H,3,4)/t7-,9-,10-,13-;/m1./s1. The molecule has 30 heavy (non-hydrogen) atoms. The molecule has 0 bridgehead atoms. The quantitative estimate of drug-likeness (QED) is 0.328. The number of esters is 1. The van der Waals surface area contributed by atoms with Gasteiger partial charge in [0, 0.05) is 13.8 Å². The van der Waals surface area contributed by atoms with Crippen LogP contribution in [0.1, 0.15) is 27.7 Å². The summed E-state index contributed by atoms with van der Waals surface area (Å²) in [6.45, 7) is 5.79. The summed E-state index contributed by atoms with van der Waals surface area (Å²) in [7, 11) is 0. The number of ether oxygens (including phenoxy) is 4. The van der Waals surface area contributed by atoms with Crippen molar-refractivity contribution in [2.75, 3.05) is 17.7 Å². The zero-order valence-corrected chi connectivity index (χ0v) is 16.7. The maximum atomic E-state index is 11.2. The van der Waals surface area contributed by atoms with Crippen molar-refractivity contribution in [3.8, 4) is 0 Å². The number of nitrogens with zero attached hydrogens (tertiary/aromatic N) is 3. The maximum absolute atomic E-state index is 11.2. The second-order valence-corrected chi connectivity index (χ2v) is 6.84. The normalized spacial score (nSPS) is 26.1. The van der Waals surface area contributed by atoms with Crippen molar-refractivity contribution in [3.05, 3.63) is 16.4 Å². The molecule has 2 saturated heterocycles. The Kier molecular flexibility index (Phi) is 7.07. The van der Waals surface area contributed by atoms with E-state index < -0.39 is 52.9 Å². The van der Waals surface area contributed by atoms with Crippen molar-refractivity contribution in [1.29, 1.82) is 0 Å². The number of hydrogen-bond acceptors (Lipinski definition) is 12. The van der Waals surface area contributed by atoms with Crippen LogP contribution >= 0.6 is 0 Å². The molecule has 4 atom stereocenters. The number of aliphatic carboxylic acids is 1. The molecule has 2 aliphatic rings. The first-order valence-corrected chi connectivity index (χ1v) is 8.76. The van der Waals surface area contributed by atoms with Gasteiger partial charge in [-0.1, -0.05) is 0 Å². The molecule has 0 amide bonds. The Balaban J connectivity index is 0.000000735. The van der Waals surface area contributed by atoms with Crippen LogP contribution in [0.15, 0.2) is 6.33 Å². The molecule has 0 aromatic carbocycles. The van der Waals surface area contributed by atoms with E-state index >= 15 is 0 Å². The highest BCUT2D eigenvalue weighted by molar-refractivity contribution is 5.67. The van der Waals surface area contributed by atoms with Gasteiger partial charge in [0.05, 0.1) is 4.92 Å². The van der Waals surface area contributed by atoms with Crippen LogP contribution in [0.4, 0.5) is 17.3 Å². The molecule has 0 aliphatic carbocycles. The third-order valence-corrected chi connectivity index (χ3v) is 3.91. The number of nitro groups is 1. The molecule has 1 aromatic rings. The van der Waals surface area contributed by atoms with E-state index in [0.717, 1.165) is 13.3 Å². The Bertz CT molecular complexity index is 814. The second kappa shape index (κ2) is 9.15. The summed E-state index contributed by atoms with van der Waals surface area (Å²) in [4.78, 5) is 38.1. The van der Waals surface area contributed by atoms with Crippen LogP contribution in [0.3, 0.4) is 0 Å². The molecule has 0 radical (unpaired) electrons. The molecule has 3 heterocycles. The molecule has 4 N–H and O–H groups in total. The number of carboxylic acid groups (broad SMARTS) is 1. The Morgan fingerprint density at radius 3 is 2.50 bits per heavy atom. The largest absolute Gasteiger partial charge is 0.481 e. The number of nitrogen functional groups attached to an aromatic ring is 1. The van der Waals surface area contributed by atoms with Gasteiger partial charge in [0.25, 0.3) is 5.97 Å². The lowest BCUT2D eigenvalue weighted by Crippen LogP contribution is -2.35. The highest BCUT2D eigenvalue weighted by Crippen LogP contribution is 2.40. The fourth-order valence-electron chi connectivity index (χ4n) is 2.94. The Hall–Kier alpha value is -3.10. The molecule has 3 rings (SSSR count). The van der Waals surface area contributed by atoms with Crippen LogP contribution in [-0.4, -0.2) is 68.9 Å². The van der Waals surface area contributed by atoms with E-state index in [-0.39, 0.29) is 18.2 Å². The first-order chi connectivity index (χ1) is 13.9. The molecule has 14 heteroatoms. The highest BCUT2D eigenvalue weighted by Gasteiger charge is 2.56. The van der Waals surface area contributed by atoms with Gasteiger partial charge in [0.15, 0.2) is 12.0 Å². The van der Waals surface area contributed by atoms with E-state index in [0.29, 0.717) is 0 Å². The van der Waals surface area contributed by atoms with E-state index in [1.165, 1.54) is 6.92 Å². The average Bonchev–Trinajstić information content (AvgIpc) is 3.06. The summed E-state index contributed by atoms with van der Waals surface area (Å²) in [6, 6.07) is 0. The van der Waals surface area contributed by atoms with Crippen LogP contribution in [-0.2, 0) is 28.5 Å². The molecule has 0 unspecified atom stereocenters. The minimum Gasteiger partial charge on any atom is -0.481 e. The third-order valence-electron chi connectivity index (χ3n) is 3.91. The number of carbonyl (C=O) groups is 2. The number of hydrogen-bond donors (Lipinski definition) is 3. The predicted molar refractivity (Wildman–Crippen MR) is 99.2 cm³/mol. The molecule has 14 nitrogen and oxygen atoms in total. The Morgan fingerprint density at radius 2 is 1.93 bits per heavy atom. The predicted octanol–water partition coefficient (Wildman–Crippen LogP) is 0.278. The van der Waals surface area contributed by atoms with Gasteiger partial charge in [-0.3, -0.25) is 19.7 Å². The molecule has 0 saturated carbocycles. The SMILES string of the molecule is CC(=O)O.CC(=O)OC[C@H]1O[C@@H](Nc2ncnc(N)c2[N+](=O)[O-])[C@@H]2OC(C)(C)O[C@@H]21. The van der Waals surface area contributed by atoms with E-state index in [4.69, 9.17) is 34.6 Å². The lowest BCUT2D eigenvalue weighted by atomic mass is 10.1. The van der Waals surface area contributed by atoms with Gasteiger partial charge in [-0.25, -0.2) is 9.97 Å². The number of nitrogens with two attached hydrogens (primary N) is 1. The summed E-state index contributed by atoms with van der Waals surface area (Å²) in [6.07, 6.45) is -1.46. The molecular formula is C16H23N5O9. The fourth-order valence-corrected chi connectivity index (χ4v) is 2.94. The molecule has 2 fully saturated rings. The second-order valence-electron chi connectivity index (χ2n) is 6.84. The van der Waals surface area contributed by atoms with Crippen molar-refractivity contribution in [2.24, 2.45) is 0 Å². The van der Waals surface area contributed by atoms with E-state index in [1.54, 1.807) is 13.8 Å². The number of anilines is 2. The van der Waals surface area contributed by atoms with Gasteiger partial charge < -0.3 is 35.1 Å². The molecule has 166 valence electrons. The topological polar surface area (TPSA) is 198 Å². The third kappa shape index (κ3) is 5.71. The average molecular weight is 429 g/mol. The van der Waals surface area contributed by atoms with Gasteiger partial charge in [-0.05, 0) is 13.8 Å². The zero-order valence-electron chi connectivity index (χ0n) is 16.7. The number of rotatable bonds is 5. The summed E-state index contributed by atoms with van der Waals surface area (Å²) in [5.41, 5.74) is 5.10. The first kappa shape index (κ1) is 23.2. The summed E-state index contributed by atoms with van der Waals surface area (Å²) < 4.78 is 22.4. The monoisotopic (exact) mass is 429 g/mol. The number of nitrogens with one attached hydrogen (secondary N) is 1. The van der Waals surface area contributed by atoms with Crippen molar-refractivity contribution in [3.63, 3.8) is 0 Å². The number of carboxylic acids is 1. The Morgan fingerprint density at radius 1 is 1.33 bits per heavy atom. The van der Waals surface area contributed by atoms with Crippen LogP contribution in [0.5, 0.6) is 0 Å². The lowest BCUT2D eigenvalue weighted by Gasteiger charge is -2.24. The molecule has 2 aliphatic heterocycles. The van der Waals surface area contributed by atoms with Crippen molar-refractivity contribution in [2.45, 2.75) is 58.0 Å². The summed E-state index contributed by atoms with van der Waals surface area (Å²) >= 11 is 0. The molecule has 1 aromatic heterocycles. The van der Waals surface area contributed by atoms with E-state index in [9.17, 15) is 14.9 Å². The number of fused-ring (bicyclic) bond motifs is 1. The van der Waals surface area contributed by atoms with Crippen LogP contribution in [0.2, 0.25) is 0 Å². The van der Waals surface area contributed by atoms with E-state index in [2.05, 4.69) is 15.3 Å². The van der Waals surface area contributed by atoms with Gasteiger partial charge >= 0.3 is 11.7 Å². The minimum atomic E-state index is -0.885. The van der Waals surface area contributed by atoms with Gasteiger partial charge in [-0.2, -0.15) is 0 Å². The van der Waals surface area contributed by atoms with Gasteiger partial charge in [0.1, 0.15) is 31.2 Å². The lowest BCUT2D eigenvalue weighted by molar-refractivity contribution is -0.383. The van der Waals surface area contributed by atoms with Crippen LogP contribution in [0.25, 0.3) is 0 Å². The fraction of sp³-hybridized carbons (Fsp3) is 0.625. The number of carbonyl (C=O) groups excluding carboxylic acids is 1. The number of aromatic nitrogens is 2. The van der Waals surface area contributed by atoms with Gasteiger partial charge in [0.2, 0.25) is 11.6 Å². The first-order valence-electron chi connectivity index (χ1n) is 8.76. The van der Waals surface area contributed by atoms with Crippen molar-refractivity contribution in [1.82, 2.24) is 9.97 Å². The molecular weight excluding hydrogens is 406 g/mol. The highest BCUT2D eigenvalue weighted by atomic mass is 16.8. The zero-order chi connectivity index (χ0) is 22.6. The smallest absolute Gasteiger partial charge is 0.353 e. The van der Waals surface area contributed by atoms with Crippen LogP contribution in [0, 0.1) is 10.1 Å². The summed E-state index contributed by atoms with van der Waals surface area (Å²) in [5.74, 6) is -2.56. The minimum absolute atomic E-state index is 0.0396. The summed E-state index contributed by atoms with van der Waals surface area (Å²) in [5, 5.41) is 21.5. The van der Waals surface area contributed by atoms with Crippen molar-refractivity contribution < 1.29 is 38.6 Å². The van der Waals surface area contributed by atoms with Crippen molar-refractivity contribution >= 4 is 29.3 Å².